The first-order valence-corrected chi connectivity index (χ1v) is 6.52. The lowest BCUT2D eigenvalue weighted by Gasteiger charge is -2.39. The average Bonchev–Trinajstić information content (AvgIpc) is 2.73. The highest BCUT2D eigenvalue weighted by Gasteiger charge is 2.32. The van der Waals surface area contributed by atoms with Gasteiger partial charge in [0, 0.05) is 19.3 Å². The van der Waals surface area contributed by atoms with Gasteiger partial charge in [-0.1, -0.05) is 0 Å². The highest BCUT2D eigenvalue weighted by molar-refractivity contribution is 5.96. The number of amides is 1. The van der Waals surface area contributed by atoms with Crippen LogP contribution < -0.4 is 5.32 Å². The Kier molecular flexibility index (Phi) is 3.14. The lowest BCUT2D eigenvalue weighted by molar-refractivity contribution is 0.0623. The normalized spacial score (nSPS) is 15.0. The van der Waals surface area contributed by atoms with Crippen LogP contribution in [0.5, 0.6) is 0 Å². The van der Waals surface area contributed by atoms with Gasteiger partial charge in [0.15, 0.2) is 0 Å². The summed E-state index contributed by atoms with van der Waals surface area (Å²) in [6.07, 6.45) is 3.19. The maximum atomic E-state index is 12.3. The molecule has 1 saturated heterocycles. The van der Waals surface area contributed by atoms with Crippen LogP contribution in [0.1, 0.15) is 21.9 Å². The zero-order valence-electron chi connectivity index (χ0n) is 11.5. The van der Waals surface area contributed by atoms with Crippen LogP contribution in [-0.2, 0) is 0 Å². The van der Waals surface area contributed by atoms with E-state index in [-0.39, 0.29) is 11.9 Å². The molecule has 1 N–H and O–H groups in total. The van der Waals surface area contributed by atoms with Gasteiger partial charge in [-0.2, -0.15) is 0 Å². The molecule has 0 radical (unpaired) electrons. The molecule has 0 saturated carbocycles. The number of aryl methyl sites for hydroxylation is 2. The van der Waals surface area contributed by atoms with Gasteiger partial charge in [-0.15, -0.1) is 0 Å². The number of nitrogens with one attached hydrogen (secondary N) is 1. The topological polar surface area (TPSA) is 71.3 Å². The highest BCUT2D eigenvalue weighted by Crippen LogP contribution is 2.20. The number of hydrogen-bond donors (Lipinski definition) is 1. The largest absolute Gasteiger partial charge is 0.466 e. The Morgan fingerprint density at radius 2 is 2.25 bits per heavy atom. The minimum Gasteiger partial charge on any atom is -0.466 e. The van der Waals surface area contributed by atoms with Gasteiger partial charge in [0.1, 0.15) is 23.7 Å². The molecule has 0 aromatic carbocycles. The van der Waals surface area contributed by atoms with E-state index in [0.717, 1.165) is 11.6 Å². The van der Waals surface area contributed by atoms with Gasteiger partial charge in [-0.25, -0.2) is 9.97 Å². The van der Waals surface area contributed by atoms with E-state index in [2.05, 4.69) is 15.3 Å². The van der Waals surface area contributed by atoms with Crippen LogP contribution in [-0.4, -0.2) is 39.9 Å². The summed E-state index contributed by atoms with van der Waals surface area (Å²) >= 11 is 0. The molecule has 0 aliphatic carbocycles. The lowest BCUT2D eigenvalue weighted by atomic mass is 10.1. The molecule has 0 unspecified atom stereocenters. The van der Waals surface area contributed by atoms with E-state index >= 15 is 0 Å². The molecule has 6 nitrogen and oxygen atoms in total. The van der Waals surface area contributed by atoms with Crippen molar-refractivity contribution in [1.82, 2.24) is 14.9 Å². The first-order valence-electron chi connectivity index (χ1n) is 6.52. The van der Waals surface area contributed by atoms with Crippen molar-refractivity contribution in [2.45, 2.75) is 19.9 Å². The third-order valence-electron chi connectivity index (χ3n) is 3.37. The molecule has 3 rings (SSSR count). The summed E-state index contributed by atoms with van der Waals surface area (Å²) in [5, 5.41) is 3.27. The Hall–Kier alpha value is -2.37. The number of rotatable bonds is 3. The van der Waals surface area contributed by atoms with E-state index in [9.17, 15) is 4.79 Å². The summed E-state index contributed by atoms with van der Waals surface area (Å²) in [5.41, 5.74) is 0.656. The summed E-state index contributed by atoms with van der Waals surface area (Å²) in [6.45, 7) is 5.01. The van der Waals surface area contributed by atoms with Crippen molar-refractivity contribution in [3.63, 3.8) is 0 Å². The van der Waals surface area contributed by atoms with Crippen molar-refractivity contribution in [2.75, 3.05) is 18.4 Å². The average molecular weight is 272 g/mol. The Balaban J connectivity index is 1.58. The van der Waals surface area contributed by atoms with E-state index < -0.39 is 0 Å². The van der Waals surface area contributed by atoms with Crippen LogP contribution in [0, 0.1) is 13.8 Å². The number of likely N-dealkylation sites (tertiary alicyclic amines) is 1. The van der Waals surface area contributed by atoms with E-state index in [1.165, 1.54) is 6.33 Å². The van der Waals surface area contributed by atoms with Gasteiger partial charge in [0.05, 0.1) is 11.6 Å². The van der Waals surface area contributed by atoms with Crippen LogP contribution in [0.15, 0.2) is 29.1 Å². The molecule has 0 atom stereocenters. The monoisotopic (exact) mass is 272 g/mol. The second-order valence-corrected chi connectivity index (χ2v) is 4.97. The van der Waals surface area contributed by atoms with Gasteiger partial charge in [0.25, 0.3) is 5.91 Å². The summed E-state index contributed by atoms with van der Waals surface area (Å²) in [4.78, 5) is 22.0. The number of carbonyl (C=O) groups is 1. The summed E-state index contributed by atoms with van der Waals surface area (Å²) in [5.74, 6) is 2.26. The molecule has 1 aliphatic rings. The number of aromatic nitrogens is 2. The summed E-state index contributed by atoms with van der Waals surface area (Å²) in [6, 6.07) is 3.85. The van der Waals surface area contributed by atoms with Gasteiger partial charge in [-0.3, -0.25) is 4.79 Å². The van der Waals surface area contributed by atoms with Gasteiger partial charge >= 0.3 is 0 Å². The maximum absolute atomic E-state index is 12.3. The molecule has 2 aromatic rings. The zero-order chi connectivity index (χ0) is 14.1. The fourth-order valence-corrected chi connectivity index (χ4v) is 2.33. The van der Waals surface area contributed by atoms with Crippen LogP contribution >= 0.6 is 0 Å². The molecule has 1 aliphatic heterocycles. The van der Waals surface area contributed by atoms with Crippen molar-refractivity contribution in [3.8, 4) is 0 Å². The third kappa shape index (κ3) is 2.36. The molecule has 0 spiro atoms. The highest BCUT2D eigenvalue weighted by atomic mass is 16.3. The summed E-state index contributed by atoms with van der Waals surface area (Å²) < 4.78 is 5.40. The lowest BCUT2D eigenvalue weighted by Crippen LogP contribution is -2.57. The van der Waals surface area contributed by atoms with Crippen molar-refractivity contribution in [2.24, 2.45) is 0 Å². The van der Waals surface area contributed by atoms with E-state index in [4.69, 9.17) is 4.42 Å². The molecule has 104 valence electrons. The van der Waals surface area contributed by atoms with E-state index in [1.807, 2.05) is 19.9 Å². The van der Waals surface area contributed by atoms with Crippen LogP contribution in [0.2, 0.25) is 0 Å². The molecule has 1 amide bonds. The second kappa shape index (κ2) is 4.96. The molecular formula is C14H16N4O2. The Morgan fingerprint density at radius 1 is 1.45 bits per heavy atom. The van der Waals surface area contributed by atoms with Gasteiger partial charge in [0.2, 0.25) is 0 Å². The first-order chi connectivity index (χ1) is 9.63. The number of nitrogens with zero attached hydrogens (tertiary/aromatic N) is 3. The minimum atomic E-state index is 0.0279. The molecule has 1 fully saturated rings. The van der Waals surface area contributed by atoms with Crippen LogP contribution in [0.4, 0.5) is 5.82 Å². The molecule has 6 heteroatoms. The molecule has 3 heterocycles. The second-order valence-electron chi connectivity index (χ2n) is 4.97. The predicted octanol–water partition coefficient (Wildman–Crippen LogP) is 1.62. The first kappa shape index (κ1) is 12.7. The fourth-order valence-electron chi connectivity index (χ4n) is 2.33. The Bertz CT molecular complexity index is 617. The van der Waals surface area contributed by atoms with E-state index in [0.29, 0.717) is 24.4 Å². The predicted molar refractivity (Wildman–Crippen MR) is 73.5 cm³/mol. The summed E-state index contributed by atoms with van der Waals surface area (Å²) in [7, 11) is 0. The van der Waals surface area contributed by atoms with Crippen molar-refractivity contribution in [3.05, 3.63) is 41.7 Å². The third-order valence-corrected chi connectivity index (χ3v) is 3.37. The van der Waals surface area contributed by atoms with Crippen LogP contribution in [0.3, 0.4) is 0 Å². The zero-order valence-corrected chi connectivity index (χ0v) is 11.5. The number of anilines is 1. The van der Waals surface area contributed by atoms with Crippen molar-refractivity contribution >= 4 is 11.7 Å². The van der Waals surface area contributed by atoms with Crippen molar-refractivity contribution in [1.29, 1.82) is 0 Å². The SMILES string of the molecule is Cc1cc(C(=O)N2CC(Nc3ccncn3)C2)c(C)o1. The number of furan rings is 1. The Morgan fingerprint density at radius 3 is 2.85 bits per heavy atom. The molecular weight excluding hydrogens is 256 g/mol. The standard InChI is InChI=1S/C14H16N4O2/c1-9-5-12(10(2)20-9)14(19)18-6-11(7-18)17-13-3-4-15-8-16-13/h3-5,8,11H,6-7H2,1-2H3,(H,15,16,17). The van der Waals surface area contributed by atoms with Crippen LogP contribution in [0.25, 0.3) is 0 Å². The quantitative estimate of drug-likeness (QED) is 0.919. The van der Waals surface area contributed by atoms with Gasteiger partial charge in [-0.05, 0) is 26.0 Å². The molecule has 0 bridgehead atoms. The number of carbonyl (C=O) groups excluding carboxylic acids is 1. The van der Waals surface area contributed by atoms with Crippen molar-refractivity contribution < 1.29 is 9.21 Å². The number of hydrogen-bond acceptors (Lipinski definition) is 5. The molecule has 2 aromatic heterocycles. The smallest absolute Gasteiger partial charge is 0.257 e. The minimum absolute atomic E-state index is 0.0279. The maximum Gasteiger partial charge on any atom is 0.257 e. The molecule has 20 heavy (non-hydrogen) atoms. The van der Waals surface area contributed by atoms with Gasteiger partial charge < -0.3 is 14.6 Å². The fraction of sp³-hybridized carbons (Fsp3) is 0.357. The Labute approximate surface area is 116 Å². The van der Waals surface area contributed by atoms with E-state index in [1.54, 1.807) is 17.2 Å².